The van der Waals surface area contributed by atoms with Crippen LogP contribution in [0.2, 0.25) is 5.02 Å². The highest BCUT2D eigenvalue weighted by molar-refractivity contribution is 7.84. The number of thiol groups is 1. The van der Waals surface area contributed by atoms with Crippen LogP contribution in [0.25, 0.3) is 0 Å². The van der Waals surface area contributed by atoms with Gasteiger partial charge in [0.15, 0.2) is 0 Å². The second-order valence-electron chi connectivity index (χ2n) is 3.12. The molecule has 0 heterocycles. The van der Waals surface area contributed by atoms with Crippen molar-refractivity contribution in [3.63, 3.8) is 0 Å². The third-order valence-corrected chi connectivity index (χ3v) is 2.42. The van der Waals surface area contributed by atoms with Gasteiger partial charge in [-0.25, -0.2) is 4.79 Å². The maximum atomic E-state index is 11.4. The van der Waals surface area contributed by atoms with Crippen molar-refractivity contribution in [2.24, 2.45) is 5.73 Å². The minimum atomic E-state index is -0.405. The number of nitrogens with two attached hydrogens (primary N) is 1. The van der Waals surface area contributed by atoms with Crippen LogP contribution in [0.5, 0.6) is 0 Å². The zero-order chi connectivity index (χ0) is 12.1. The summed E-state index contributed by atoms with van der Waals surface area (Å²) in [5.74, 6) is 0. The second-order valence-corrected chi connectivity index (χ2v) is 4.00. The predicted molar refractivity (Wildman–Crippen MR) is 69.5 cm³/mol. The normalized spacial score (nSPS) is 11.7. The van der Waals surface area contributed by atoms with E-state index < -0.39 is 6.03 Å². The molecule has 0 aliphatic heterocycles. The van der Waals surface area contributed by atoms with Gasteiger partial charge < -0.3 is 16.4 Å². The Morgan fingerprint density at radius 3 is 2.44 bits per heavy atom. The first-order valence-corrected chi connectivity index (χ1v) is 5.30. The number of hydrogen-bond acceptors (Lipinski definition) is 3. The van der Waals surface area contributed by atoms with Gasteiger partial charge in [0, 0.05) is 16.4 Å². The SMILES string of the molecule is C/C(N)=C(\S)NC(=O)Nc1ccc(Cl)cc1. The number of anilines is 1. The summed E-state index contributed by atoms with van der Waals surface area (Å²) < 4.78 is 0. The number of hydrogen-bond donors (Lipinski definition) is 4. The van der Waals surface area contributed by atoms with Gasteiger partial charge in [-0.3, -0.25) is 0 Å². The van der Waals surface area contributed by atoms with Crippen LogP contribution < -0.4 is 16.4 Å². The predicted octanol–water partition coefficient (Wildman–Crippen LogP) is 2.54. The largest absolute Gasteiger partial charge is 0.400 e. The van der Waals surface area contributed by atoms with Crippen LogP contribution in [0.15, 0.2) is 35.0 Å². The van der Waals surface area contributed by atoms with E-state index in [-0.39, 0.29) is 0 Å². The minimum absolute atomic E-state index is 0.325. The molecule has 0 aliphatic carbocycles. The molecule has 0 unspecified atom stereocenters. The van der Waals surface area contributed by atoms with E-state index in [4.69, 9.17) is 17.3 Å². The number of benzene rings is 1. The number of carbonyl (C=O) groups excluding carboxylic acids is 1. The van der Waals surface area contributed by atoms with Crippen molar-refractivity contribution >= 4 is 35.9 Å². The van der Waals surface area contributed by atoms with Crippen molar-refractivity contribution < 1.29 is 4.79 Å². The fraction of sp³-hybridized carbons (Fsp3) is 0.100. The van der Waals surface area contributed by atoms with Crippen LogP contribution in [-0.4, -0.2) is 6.03 Å². The molecule has 4 nitrogen and oxygen atoms in total. The maximum absolute atomic E-state index is 11.4. The summed E-state index contributed by atoms with van der Waals surface area (Å²) in [6.45, 7) is 1.64. The molecule has 0 spiro atoms. The van der Waals surface area contributed by atoms with Crippen molar-refractivity contribution in [1.29, 1.82) is 0 Å². The first-order chi connectivity index (χ1) is 7.49. The maximum Gasteiger partial charge on any atom is 0.324 e. The molecule has 4 N–H and O–H groups in total. The Morgan fingerprint density at radius 2 is 1.94 bits per heavy atom. The summed E-state index contributed by atoms with van der Waals surface area (Å²) in [6.07, 6.45) is 0. The highest BCUT2D eigenvalue weighted by atomic mass is 35.5. The molecule has 1 rings (SSSR count). The van der Waals surface area contributed by atoms with Crippen LogP contribution in [0.4, 0.5) is 10.5 Å². The molecule has 16 heavy (non-hydrogen) atoms. The number of carbonyl (C=O) groups is 1. The van der Waals surface area contributed by atoms with E-state index >= 15 is 0 Å². The second kappa shape index (κ2) is 5.67. The zero-order valence-corrected chi connectivity index (χ0v) is 10.3. The molecule has 0 aliphatic rings. The van der Waals surface area contributed by atoms with Crippen molar-refractivity contribution in [3.05, 3.63) is 40.0 Å². The summed E-state index contributed by atoms with van der Waals surface area (Å²) in [5.41, 5.74) is 6.52. The monoisotopic (exact) mass is 257 g/mol. The van der Waals surface area contributed by atoms with E-state index in [2.05, 4.69) is 23.3 Å². The smallest absolute Gasteiger partial charge is 0.324 e. The lowest BCUT2D eigenvalue weighted by molar-refractivity contribution is 0.255. The minimum Gasteiger partial charge on any atom is -0.400 e. The van der Waals surface area contributed by atoms with Gasteiger partial charge in [-0.1, -0.05) is 11.6 Å². The van der Waals surface area contributed by atoms with Crippen LogP contribution >= 0.6 is 24.2 Å². The number of allylic oxidation sites excluding steroid dienone is 1. The molecule has 1 aromatic rings. The molecule has 1 aromatic carbocycles. The van der Waals surface area contributed by atoms with Crippen molar-refractivity contribution in [1.82, 2.24) is 5.32 Å². The molecule has 86 valence electrons. The lowest BCUT2D eigenvalue weighted by Crippen LogP contribution is -2.27. The van der Waals surface area contributed by atoms with E-state index in [1.165, 1.54) is 0 Å². The first kappa shape index (κ1) is 12.7. The summed E-state index contributed by atoms with van der Waals surface area (Å²) in [5, 5.41) is 6.02. The zero-order valence-electron chi connectivity index (χ0n) is 8.62. The van der Waals surface area contributed by atoms with E-state index in [9.17, 15) is 4.79 Å². The van der Waals surface area contributed by atoms with Gasteiger partial charge in [0.25, 0.3) is 0 Å². The lowest BCUT2D eigenvalue weighted by Gasteiger charge is -2.08. The van der Waals surface area contributed by atoms with Gasteiger partial charge >= 0.3 is 6.03 Å². The van der Waals surface area contributed by atoms with Gasteiger partial charge in [0.1, 0.15) is 0 Å². The summed E-state index contributed by atoms with van der Waals surface area (Å²) >= 11 is 9.72. The first-order valence-electron chi connectivity index (χ1n) is 4.48. The number of amides is 2. The quantitative estimate of drug-likeness (QED) is 0.615. The van der Waals surface area contributed by atoms with Crippen molar-refractivity contribution in [2.45, 2.75) is 6.92 Å². The molecule has 0 atom stereocenters. The molecule has 0 aromatic heterocycles. The van der Waals surface area contributed by atoms with Gasteiger partial charge in [0.05, 0.1) is 5.03 Å². The molecule has 0 fully saturated rings. The number of halogens is 1. The Bertz CT molecular complexity index is 413. The van der Waals surface area contributed by atoms with E-state index in [1.807, 2.05) is 0 Å². The average Bonchev–Trinajstić information content (AvgIpc) is 2.21. The van der Waals surface area contributed by atoms with Crippen molar-refractivity contribution in [2.75, 3.05) is 5.32 Å². The summed E-state index contributed by atoms with van der Waals surface area (Å²) in [7, 11) is 0. The van der Waals surface area contributed by atoms with Crippen molar-refractivity contribution in [3.8, 4) is 0 Å². The summed E-state index contributed by atoms with van der Waals surface area (Å²) in [6, 6.07) is 6.35. The highest BCUT2D eigenvalue weighted by Crippen LogP contribution is 2.13. The average molecular weight is 258 g/mol. The Morgan fingerprint density at radius 1 is 1.38 bits per heavy atom. The molecular weight excluding hydrogens is 246 g/mol. The van der Waals surface area contributed by atoms with Gasteiger partial charge in [0.2, 0.25) is 0 Å². The third kappa shape index (κ3) is 4.04. The van der Waals surface area contributed by atoms with Crippen LogP contribution in [0.3, 0.4) is 0 Å². The molecule has 6 heteroatoms. The number of rotatable bonds is 2. The number of nitrogens with one attached hydrogen (secondary N) is 2. The van der Waals surface area contributed by atoms with Gasteiger partial charge in [-0.05, 0) is 31.2 Å². The molecule has 0 radical (unpaired) electrons. The Balaban J connectivity index is 2.59. The van der Waals surface area contributed by atoms with Gasteiger partial charge in [-0.2, -0.15) is 0 Å². The topological polar surface area (TPSA) is 67.1 Å². The lowest BCUT2D eigenvalue weighted by atomic mass is 10.3. The molecular formula is C10H12ClN3OS. The van der Waals surface area contributed by atoms with E-state index in [0.29, 0.717) is 21.4 Å². The Hall–Kier alpha value is -1.33. The Kier molecular flexibility index (Phi) is 4.52. The summed E-state index contributed by atoms with van der Waals surface area (Å²) in [4.78, 5) is 11.4. The molecule has 0 bridgehead atoms. The van der Waals surface area contributed by atoms with E-state index in [1.54, 1.807) is 31.2 Å². The number of urea groups is 1. The Labute approximate surface area is 104 Å². The standard InChI is InChI=1S/C10H12ClN3OS/c1-6(12)9(16)14-10(15)13-8-4-2-7(11)3-5-8/h2-5,16H,12H2,1H3,(H2,13,14,15)/b9-6+. The molecule has 0 saturated heterocycles. The highest BCUT2D eigenvalue weighted by Gasteiger charge is 2.03. The fourth-order valence-corrected chi connectivity index (χ4v) is 1.13. The van der Waals surface area contributed by atoms with Crippen LogP contribution in [0.1, 0.15) is 6.92 Å². The fourth-order valence-electron chi connectivity index (χ4n) is 0.902. The van der Waals surface area contributed by atoms with Crippen LogP contribution in [0, 0.1) is 0 Å². The molecule has 0 saturated carbocycles. The molecule has 2 amide bonds. The third-order valence-electron chi connectivity index (χ3n) is 1.71. The van der Waals surface area contributed by atoms with Gasteiger partial charge in [-0.15, -0.1) is 12.6 Å². The van der Waals surface area contributed by atoms with Crippen LogP contribution in [-0.2, 0) is 0 Å². The van der Waals surface area contributed by atoms with E-state index in [0.717, 1.165) is 0 Å².